The predicted molar refractivity (Wildman–Crippen MR) is 77.4 cm³/mol. The van der Waals surface area contributed by atoms with Crippen molar-refractivity contribution in [3.05, 3.63) is 29.8 Å². The molecule has 1 saturated carbocycles. The summed E-state index contributed by atoms with van der Waals surface area (Å²) >= 11 is 2.10. The minimum Gasteiger partial charge on any atom is -0.490 e. The quantitative estimate of drug-likeness (QED) is 0.880. The standard InChI is InChI=1S/C15H21NOS/c1-16-15(14-3-2-10-18-14)11-4-6-12(7-5-11)17-13-8-9-13/h4-7,13-16H,2-3,8-10H2,1H3. The van der Waals surface area contributed by atoms with E-state index in [0.717, 1.165) is 11.0 Å². The Bertz CT molecular complexity index is 382. The van der Waals surface area contributed by atoms with E-state index < -0.39 is 0 Å². The average Bonchev–Trinajstić information content (AvgIpc) is 3.05. The third-order valence-corrected chi connectivity index (χ3v) is 5.17. The van der Waals surface area contributed by atoms with Crippen LogP contribution in [0.4, 0.5) is 0 Å². The van der Waals surface area contributed by atoms with E-state index in [-0.39, 0.29) is 0 Å². The summed E-state index contributed by atoms with van der Waals surface area (Å²) in [6.07, 6.45) is 5.62. The van der Waals surface area contributed by atoms with Gasteiger partial charge in [-0.1, -0.05) is 12.1 Å². The van der Waals surface area contributed by atoms with Crippen LogP contribution in [0.3, 0.4) is 0 Å². The van der Waals surface area contributed by atoms with Crippen molar-refractivity contribution in [1.29, 1.82) is 0 Å². The van der Waals surface area contributed by atoms with Gasteiger partial charge in [0.25, 0.3) is 0 Å². The Hall–Kier alpha value is -0.670. The van der Waals surface area contributed by atoms with Gasteiger partial charge < -0.3 is 10.1 Å². The van der Waals surface area contributed by atoms with Crippen molar-refractivity contribution in [2.75, 3.05) is 12.8 Å². The molecule has 1 saturated heterocycles. The zero-order chi connectivity index (χ0) is 12.4. The van der Waals surface area contributed by atoms with E-state index >= 15 is 0 Å². The van der Waals surface area contributed by atoms with Crippen molar-refractivity contribution in [2.24, 2.45) is 0 Å². The third-order valence-electron chi connectivity index (χ3n) is 3.71. The number of thioether (sulfide) groups is 1. The minimum atomic E-state index is 0.479. The molecule has 1 heterocycles. The van der Waals surface area contributed by atoms with Gasteiger partial charge in [-0.25, -0.2) is 0 Å². The summed E-state index contributed by atoms with van der Waals surface area (Å²) in [6.45, 7) is 0. The fourth-order valence-corrected chi connectivity index (χ4v) is 4.02. The highest BCUT2D eigenvalue weighted by Crippen LogP contribution is 2.36. The van der Waals surface area contributed by atoms with Crippen molar-refractivity contribution in [3.63, 3.8) is 0 Å². The van der Waals surface area contributed by atoms with Crippen LogP contribution in [0.15, 0.2) is 24.3 Å². The molecule has 1 N–H and O–H groups in total. The molecule has 0 amide bonds. The van der Waals surface area contributed by atoms with Gasteiger partial charge in [0.05, 0.1) is 6.10 Å². The van der Waals surface area contributed by atoms with Gasteiger partial charge in [0.1, 0.15) is 5.75 Å². The molecule has 98 valence electrons. The fourth-order valence-electron chi connectivity index (χ4n) is 2.56. The van der Waals surface area contributed by atoms with Gasteiger partial charge in [-0.15, -0.1) is 0 Å². The Morgan fingerprint density at radius 1 is 1.22 bits per heavy atom. The molecular formula is C15H21NOS. The molecule has 2 nitrogen and oxygen atoms in total. The normalized spacial score (nSPS) is 25.1. The summed E-state index contributed by atoms with van der Waals surface area (Å²) in [7, 11) is 2.07. The zero-order valence-corrected chi connectivity index (χ0v) is 11.7. The molecule has 0 radical (unpaired) electrons. The van der Waals surface area contributed by atoms with E-state index in [1.807, 2.05) is 0 Å². The van der Waals surface area contributed by atoms with Crippen molar-refractivity contribution in [3.8, 4) is 5.75 Å². The third kappa shape index (κ3) is 2.83. The first-order valence-corrected chi connectivity index (χ1v) is 7.97. The summed E-state index contributed by atoms with van der Waals surface area (Å²) in [4.78, 5) is 0. The Morgan fingerprint density at radius 3 is 2.56 bits per heavy atom. The fraction of sp³-hybridized carbons (Fsp3) is 0.600. The van der Waals surface area contributed by atoms with Crippen LogP contribution in [0.2, 0.25) is 0 Å². The summed E-state index contributed by atoms with van der Waals surface area (Å²) in [6, 6.07) is 9.16. The van der Waals surface area contributed by atoms with Crippen molar-refractivity contribution < 1.29 is 4.74 Å². The highest BCUT2D eigenvalue weighted by atomic mass is 32.2. The number of hydrogen-bond donors (Lipinski definition) is 1. The molecule has 0 aromatic heterocycles. The van der Waals surface area contributed by atoms with Crippen LogP contribution in [0.1, 0.15) is 37.3 Å². The highest BCUT2D eigenvalue weighted by molar-refractivity contribution is 8.00. The summed E-state index contributed by atoms with van der Waals surface area (Å²) in [5.74, 6) is 2.33. The minimum absolute atomic E-state index is 0.479. The molecule has 3 heteroatoms. The highest BCUT2D eigenvalue weighted by Gasteiger charge is 2.26. The van der Waals surface area contributed by atoms with Crippen molar-refractivity contribution in [1.82, 2.24) is 5.32 Å². The molecule has 2 unspecified atom stereocenters. The Morgan fingerprint density at radius 2 is 2.00 bits per heavy atom. The first-order valence-electron chi connectivity index (χ1n) is 6.92. The van der Waals surface area contributed by atoms with Crippen LogP contribution in [0.25, 0.3) is 0 Å². The Kier molecular flexibility index (Phi) is 3.80. The average molecular weight is 263 g/mol. The van der Waals surface area contributed by atoms with Gasteiger partial charge in [0.2, 0.25) is 0 Å². The smallest absolute Gasteiger partial charge is 0.119 e. The van der Waals surface area contributed by atoms with E-state index in [2.05, 4.69) is 48.4 Å². The van der Waals surface area contributed by atoms with Gasteiger partial charge in [-0.05, 0) is 56.2 Å². The second-order valence-corrected chi connectivity index (χ2v) is 6.55. The van der Waals surface area contributed by atoms with E-state index in [0.29, 0.717) is 12.1 Å². The van der Waals surface area contributed by atoms with Gasteiger partial charge in [-0.3, -0.25) is 0 Å². The largest absolute Gasteiger partial charge is 0.490 e. The van der Waals surface area contributed by atoms with Gasteiger partial charge in [0, 0.05) is 11.3 Å². The van der Waals surface area contributed by atoms with Gasteiger partial charge >= 0.3 is 0 Å². The second kappa shape index (κ2) is 5.54. The number of hydrogen-bond acceptors (Lipinski definition) is 3. The number of nitrogens with one attached hydrogen (secondary N) is 1. The summed E-state index contributed by atoms with van der Waals surface area (Å²) in [5, 5.41) is 4.20. The van der Waals surface area contributed by atoms with Gasteiger partial charge in [-0.2, -0.15) is 11.8 Å². The van der Waals surface area contributed by atoms with Crippen LogP contribution in [0.5, 0.6) is 5.75 Å². The van der Waals surface area contributed by atoms with Crippen molar-refractivity contribution in [2.45, 2.75) is 43.1 Å². The zero-order valence-electron chi connectivity index (χ0n) is 10.9. The lowest BCUT2D eigenvalue weighted by Crippen LogP contribution is -2.25. The SMILES string of the molecule is CNC(c1ccc(OC2CC2)cc1)C1CCCS1. The van der Waals surface area contributed by atoms with Crippen LogP contribution in [-0.4, -0.2) is 24.2 Å². The monoisotopic (exact) mass is 263 g/mol. The van der Waals surface area contributed by atoms with Crippen molar-refractivity contribution >= 4 is 11.8 Å². The Labute approximate surface area is 113 Å². The van der Waals surface area contributed by atoms with Crippen LogP contribution in [0, 0.1) is 0 Å². The molecule has 3 rings (SSSR count). The van der Waals surface area contributed by atoms with Crippen LogP contribution >= 0.6 is 11.8 Å². The topological polar surface area (TPSA) is 21.3 Å². The van der Waals surface area contributed by atoms with E-state index in [4.69, 9.17) is 4.74 Å². The number of ether oxygens (including phenoxy) is 1. The molecular weight excluding hydrogens is 242 g/mol. The maximum absolute atomic E-state index is 5.79. The maximum atomic E-state index is 5.79. The molecule has 1 aliphatic heterocycles. The number of benzene rings is 1. The molecule has 1 aromatic carbocycles. The van der Waals surface area contributed by atoms with Gasteiger partial charge in [0.15, 0.2) is 0 Å². The van der Waals surface area contributed by atoms with Crippen LogP contribution < -0.4 is 10.1 Å². The molecule has 0 bridgehead atoms. The second-order valence-electron chi connectivity index (χ2n) is 5.20. The lowest BCUT2D eigenvalue weighted by atomic mass is 10.0. The van der Waals surface area contributed by atoms with E-state index in [9.17, 15) is 0 Å². The first kappa shape index (κ1) is 12.4. The predicted octanol–water partition coefficient (Wildman–Crippen LogP) is 3.38. The molecule has 18 heavy (non-hydrogen) atoms. The molecule has 2 aliphatic rings. The molecule has 1 aromatic rings. The summed E-state index contributed by atoms with van der Waals surface area (Å²) < 4.78 is 5.79. The molecule has 0 spiro atoms. The number of rotatable bonds is 5. The lowest BCUT2D eigenvalue weighted by molar-refractivity contribution is 0.303. The van der Waals surface area contributed by atoms with E-state index in [1.54, 1.807) is 0 Å². The molecule has 2 atom stereocenters. The molecule has 2 fully saturated rings. The summed E-state index contributed by atoms with van der Waals surface area (Å²) in [5.41, 5.74) is 1.39. The van der Waals surface area contributed by atoms with Crippen LogP contribution in [-0.2, 0) is 0 Å². The lowest BCUT2D eigenvalue weighted by Gasteiger charge is -2.23. The maximum Gasteiger partial charge on any atom is 0.119 e. The molecule has 1 aliphatic carbocycles. The Balaban J connectivity index is 1.68. The van der Waals surface area contributed by atoms with E-state index in [1.165, 1.54) is 37.0 Å². The first-order chi connectivity index (χ1) is 8.86.